The van der Waals surface area contributed by atoms with Gasteiger partial charge in [0.05, 0.1) is 6.61 Å². The van der Waals surface area contributed by atoms with Crippen molar-refractivity contribution in [1.29, 1.82) is 5.26 Å². The summed E-state index contributed by atoms with van der Waals surface area (Å²) in [7, 11) is 1.63. The molecule has 0 heterocycles. The highest BCUT2D eigenvalue weighted by atomic mass is 16.5. The number of carbonyl (C=O) groups is 3. The molecule has 5 amide bonds. The Morgan fingerprint density at radius 1 is 0.592 bits per heavy atom. The van der Waals surface area contributed by atoms with E-state index in [0.717, 1.165) is 28.7 Å². The maximum Gasteiger partial charge on any atom is 0.411 e. The number of nitrogens with zero attached hydrogens (tertiary/aromatic N) is 1. The van der Waals surface area contributed by atoms with Crippen molar-refractivity contribution in [3.63, 3.8) is 0 Å². The Morgan fingerprint density at radius 3 is 1.43 bits per heavy atom. The number of hydrogen-bond acceptors (Lipinski definition) is 7. The molecule has 0 aliphatic rings. The van der Waals surface area contributed by atoms with Crippen LogP contribution in [0.4, 0.5) is 31.4 Å². The van der Waals surface area contributed by atoms with Crippen molar-refractivity contribution in [1.82, 2.24) is 10.6 Å². The number of amides is 5. The average Bonchev–Trinajstić information content (AvgIpc) is 3.10. The van der Waals surface area contributed by atoms with E-state index >= 15 is 0 Å². The molecular weight excluding hydrogens is 624 g/mol. The second kappa shape index (κ2) is 19.6. The minimum atomic E-state index is -0.574. The van der Waals surface area contributed by atoms with Gasteiger partial charge in [0, 0.05) is 43.9 Å². The van der Waals surface area contributed by atoms with Gasteiger partial charge in [0.2, 0.25) is 0 Å². The van der Waals surface area contributed by atoms with Gasteiger partial charge in [0.15, 0.2) is 0 Å². The first-order valence-corrected chi connectivity index (χ1v) is 15.8. The standard InChI is InChI=1S/C37H40N6O6/c1-47-22-2-20-39-35(44)41-31-12-4-27(5-13-31)24-28-6-14-32(15-7-28)42-36(45)40-21-3-23-48-37(46)43-33-16-8-29(9-17-33)25-30-10-18-34(19-11-30)49-26-38/h4-19H,2-3,20-25H2,1H3,(H,43,46)(H2,39,41,44)(H2,40,42,45). The van der Waals surface area contributed by atoms with Crippen LogP contribution >= 0.6 is 0 Å². The maximum absolute atomic E-state index is 12.3. The highest BCUT2D eigenvalue weighted by Crippen LogP contribution is 2.18. The molecule has 12 heteroatoms. The molecule has 4 aromatic carbocycles. The van der Waals surface area contributed by atoms with Gasteiger partial charge in [0.1, 0.15) is 5.75 Å². The number of nitriles is 1. The Labute approximate surface area is 285 Å². The maximum atomic E-state index is 12.3. The van der Waals surface area contributed by atoms with Crippen LogP contribution in [0.2, 0.25) is 0 Å². The number of urea groups is 2. The summed E-state index contributed by atoms with van der Waals surface area (Å²) in [5, 5.41) is 22.4. The lowest BCUT2D eigenvalue weighted by atomic mass is 10.0. The quantitative estimate of drug-likeness (QED) is 0.0662. The second-order valence-electron chi connectivity index (χ2n) is 11.0. The predicted octanol–water partition coefficient (Wildman–Crippen LogP) is 6.65. The minimum absolute atomic E-state index is 0.142. The molecule has 49 heavy (non-hydrogen) atoms. The van der Waals surface area contributed by atoms with E-state index in [-0.39, 0.29) is 18.7 Å². The van der Waals surface area contributed by atoms with E-state index in [1.807, 2.05) is 72.8 Å². The fraction of sp³-hybridized carbons (Fsp3) is 0.243. The van der Waals surface area contributed by atoms with Gasteiger partial charge in [-0.1, -0.05) is 48.5 Å². The van der Waals surface area contributed by atoms with Gasteiger partial charge in [-0.3, -0.25) is 5.32 Å². The van der Waals surface area contributed by atoms with Crippen molar-refractivity contribution in [2.45, 2.75) is 25.7 Å². The highest BCUT2D eigenvalue weighted by Gasteiger charge is 2.07. The molecule has 4 rings (SSSR count). The predicted molar refractivity (Wildman–Crippen MR) is 188 cm³/mol. The monoisotopic (exact) mass is 664 g/mol. The first-order valence-electron chi connectivity index (χ1n) is 15.8. The van der Waals surface area contributed by atoms with E-state index in [0.29, 0.717) is 61.8 Å². The Hall–Kier alpha value is -6.06. The van der Waals surface area contributed by atoms with E-state index < -0.39 is 6.09 Å². The smallest absolute Gasteiger partial charge is 0.411 e. The summed E-state index contributed by atoms with van der Waals surface area (Å²) in [4.78, 5) is 36.4. The van der Waals surface area contributed by atoms with Crippen LogP contribution in [0.1, 0.15) is 35.1 Å². The number of nitrogens with one attached hydrogen (secondary N) is 5. The van der Waals surface area contributed by atoms with Gasteiger partial charge in [-0.25, -0.2) is 14.4 Å². The van der Waals surface area contributed by atoms with E-state index in [2.05, 4.69) is 26.6 Å². The average molecular weight is 665 g/mol. The molecule has 0 saturated heterocycles. The fourth-order valence-electron chi connectivity index (χ4n) is 4.68. The topological polar surface area (TPSA) is 163 Å². The van der Waals surface area contributed by atoms with Gasteiger partial charge in [-0.15, -0.1) is 5.26 Å². The number of rotatable bonds is 16. The summed E-state index contributed by atoms with van der Waals surface area (Å²) >= 11 is 0. The van der Waals surface area contributed by atoms with Crippen molar-refractivity contribution >= 4 is 35.2 Å². The molecule has 0 bridgehead atoms. The summed E-state index contributed by atoms with van der Waals surface area (Å²) in [6.45, 7) is 1.61. The highest BCUT2D eigenvalue weighted by molar-refractivity contribution is 5.89. The van der Waals surface area contributed by atoms with E-state index in [1.54, 1.807) is 37.6 Å². The van der Waals surface area contributed by atoms with Gasteiger partial charge in [0.25, 0.3) is 6.26 Å². The molecule has 0 atom stereocenters. The Morgan fingerprint density at radius 2 is 1.00 bits per heavy atom. The summed E-state index contributed by atoms with van der Waals surface area (Å²) in [6.07, 6.45) is 3.67. The third-order valence-electron chi connectivity index (χ3n) is 7.18. The van der Waals surface area contributed by atoms with Crippen LogP contribution in [0.5, 0.6) is 5.75 Å². The van der Waals surface area contributed by atoms with Crippen LogP contribution in [0, 0.1) is 11.5 Å². The number of benzene rings is 4. The van der Waals surface area contributed by atoms with E-state index in [1.165, 1.54) is 0 Å². The second-order valence-corrected chi connectivity index (χ2v) is 11.0. The lowest BCUT2D eigenvalue weighted by Crippen LogP contribution is -2.30. The molecule has 254 valence electrons. The van der Waals surface area contributed by atoms with Gasteiger partial charge >= 0.3 is 18.2 Å². The van der Waals surface area contributed by atoms with E-state index in [4.69, 9.17) is 19.5 Å². The fourth-order valence-corrected chi connectivity index (χ4v) is 4.68. The molecule has 5 N–H and O–H groups in total. The van der Waals surface area contributed by atoms with Crippen LogP contribution < -0.4 is 31.3 Å². The molecule has 0 aromatic heterocycles. The Bertz CT molecular complexity index is 1670. The van der Waals surface area contributed by atoms with Crippen LogP contribution in [-0.4, -0.2) is 51.6 Å². The molecule has 12 nitrogen and oxygen atoms in total. The molecule has 0 saturated carbocycles. The third kappa shape index (κ3) is 13.3. The molecule has 0 unspecified atom stereocenters. The third-order valence-corrected chi connectivity index (χ3v) is 7.18. The SMILES string of the molecule is COCCCNC(=O)Nc1ccc(Cc2ccc(NC(=O)NCCCOC(=O)Nc3ccc(Cc4ccc(OC#N)cc4)cc3)cc2)cc1. The van der Waals surface area contributed by atoms with Gasteiger partial charge in [-0.2, -0.15) is 0 Å². The zero-order chi connectivity index (χ0) is 34.7. The number of ether oxygens (including phenoxy) is 3. The molecular formula is C37H40N6O6. The minimum Gasteiger partial charge on any atom is -0.449 e. The van der Waals surface area contributed by atoms with Crippen molar-refractivity contribution in [2.75, 3.05) is 49.4 Å². The largest absolute Gasteiger partial charge is 0.449 e. The van der Waals surface area contributed by atoms with Gasteiger partial charge in [-0.05, 0) is 96.5 Å². The number of hydrogen-bond donors (Lipinski definition) is 5. The molecule has 0 aliphatic heterocycles. The summed E-state index contributed by atoms with van der Waals surface area (Å²) < 4.78 is 15.0. The zero-order valence-corrected chi connectivity index (χ0v) is 27.3. The molecule has 0 radical (unpaired) electrons. The van der Waals surface area contributed by atoms with Crippen LogP contribution in [0.3, 0.4) is 0 Å². The van der Waals surface area contributed by atoms with Crippen LogP contribution in [0.15, 0.2) is 97.1 Å². The number of anilines is 3. The van der Waals surface area contributed by atoms with Crippen molar-refractivity contribution in [2.24, 2.45) is 0 Å². The Kier molecular flexibility index (Phi) is 14.3. The zero-order valence-electron chi connectivity index (χ0n) is 27.3. The first-order chi connectivity index (χ1) is 23.9. The normalized spacial score (nSPS) is 10.3. The van der Waals surface area contributed by atoms with Crippen molar-refractivity contribution in [3.8, 4) is 12.0 Å². The van der Waals surface area contributed by atoms with Crippen LogP contribution in [0.25, 0.3) is 0 Å². The van der Waals surface area contributed by atoms with Gasteiger partial charge < -0.3 is 35.5 Å². The van der Waals surface area contributed by atoms with Crippen LogP contribution in [-0.2, 0) is 22.3 Å². The lowest BCUT2D eigenvalue weighted by molar-refractivity contribution is 0.160. The summed E-state index contributed by atoms with van der Waals surface area (Å²) in [6, 6.07) is 29.3. The van der Waals surface area contributed by atoms with E-state index in [9.17, 15) is 14.4 Å². The molecule has 0 spiro atoms. The molecule has 4 aromatic rings. The lowest BCUT2D eigenvalue weighted by Gasteiger charge is -2.10. The Balaban J connectivity index is 1.07. The van der Waals surface area contributed by atoms with Crippen molar-refractivity contribution in [3.05, 3.63) is 119 Å². The first kappa shape index (κ1) is 35.8. The number of carbonyl (C=O) groups excluding carboxylic acids is 3. The molecule has 0 aliphatic carbocycles. The van der Waals surface area contributed by atoms with Crippen molar-refractivity contribution < 1.29 is 28.6 Å². The summed E-state index contributed by atoms with van der Waals surface area (Å²) in [5.74, 6) is 0.495. The number of methoxy groups -OCH3 is 1. The molecule has 0 fully saturated rings. The summed E-state index contributed by atoms with van der Waals surface area (Å²) in [5.41, 5.74) is 6.25.